The number of amides is 1. The van der Waals surface area contributed by atoms with E-state index in [0.717, 1.165) is 27.4 Å². The average Bonchev–Trinajstić information content (AvgIpc) is 2.81. The largest absolute Gasteiger partial charge is 0.349 e. The van der Waals surface area contributed by atoms with Gasteiger partial charge in [0.1, 0.15) is 0 Å². The van der Waals surface area contributed by atoms with Gasteiger partial charge >= 0.3 is 0 Å². The summed E-state index contributed by atoms with van der Waals surface area (Å²) in [5.74, 6) is 0.933. The predicted molar refractivity (Wildman–Crippen MR) is 108 cm³/mol. The van der Waals surface area contributed by atoms with Crippen LogP contribution in [0, 0.1) is 19.8 Å². The van der Waals surface area contributed by atoms with E-state index in [4.69, 9.17) is 0 Å². The van der Waals surface area contributed by atoms with Crippen molar-refractivity contribution in [3.05, 3.63) is 45.7 Å². The highest BCUT2D eigenvalue weighted by Crippen LogP contribution is 2.23. The van der Waals surface area contributed by atoms with E-state index < -0.39 is 0 Å². The van der Waals surface area contributed by atoms with Crippen LogP contribution < -0.4 is 5.32 Å². The zero-order chi connectivity index (χ0) is 18.6. The maximum absolute atomic E-state index is 12.3. The first-order valence-corrected chi connectivity index (χ1v) is 10.3. The Bertz CT molecular complexity index is 725. The molecule has 1 amide bonds. The zero-order valence-electron chi connectivity index (χ0n) is 15.5. The Hall–Kier alpha value is -1.27. The number of carbonyl (C=O) groups is 1. The van der Waals surface area contributed by atoms with Crippen molar-refractivity contribution in [3.8, 4) is 0 Å². The molecule has 0 unspecified atom stereocenters. The van der Waals surface area contributed by atoms with Gasteiger partial charge in [-0.1, -0.05) is 53.7 Å². The number of nitrogens with one attached hydrogen (secondary N) is 1. The molecule has 6 heteroatoms. The van der Waals surface area contributed by atoms with E-state index in [1.165, 1.54) is 17.5 Å². The molecular formula is C19H26BrN3OS. The van der Waals surface area contributed by atoms with Gasteiger partial charge in [0.2, 0.25) is 5.91 Å². The Labute approximate surface area is 162 Å². The summed E-state index contributed by atoms with van der Waals surface area (Å²) < 4.78 is 3.25. The number of nitrogens with zero attached hydrogens (tertiary/aromatic N) is 2. The molecule has 0 aliphatic rings. The standard InChI is InChI=1S/C19H26BrN3OS/c1-12(2)10-23-15(5)13(3)22-19(23)25-11-18(24)21-14(4)16-6-8-17(20)9-7-16/h6-9,12,14H,10-11H2,1-5H3,(H,21,24)/t14-/m1/s1. The van der Waals surface area contributed by atoms with Gasteiger partial charge in [0.05, 0.1) is 17.5 Å². The third-order valence-corrected chi connectivity index (χ3v) is 5.56. The predicted octanol–water partition coefficient (Wildman–Crippen LogP) is 4.89. The van der Waals surface area contributed by atoms with Crippen molar-refractivity contribution < 1.29 is 4.79 Å². The molecule has 136 valence electrons. The number of halogens is 1. The lowest BCUT2D eigenvalue weighted by molar-refractivity contribution is -0.119. The minimum absolute atomic E-state index is 0.0138. The topological polar surface area (TPSA) is 46.9 Å². The first-order valence-electron chi connectivity index (χ1n) is 8.49. The van der Waals surface area contributed by atoms with Crippen LogP contribution in [0.5, 0.6) is 0 Å². The van der Waals surface area contributed by atoms with E-state index in [0.29, 0.717) is 11.7 Å². The first-order chi connectivity index (χ1) is 11.8. The quantitative estimate of drug-likeness (QED) is 0.644. The van der Waals surface area contributed by atoms with E-state index in [-0.39, 0.29) is 11.9 Å². The summed E-state index contributed by atoms with van der Waals surface area (Å²) in [6.07, 6.45) is 0. The fourth-order valence-electron chi connectivity index (χ4n) is 2.56. The second kappa shape index (κ2) is 8.90. The Morgan fingerprint density at radius 3 is 2.48 bits per heavy atom. The van der Waals surface area contributed by atoms with Gasteiger partial charge in [-0.3, -0.25) is 4.79 Å². The van der Waals surface area contributed by atoms with Gasteiger partial charge in [-0.05, 0) is 44.4 Å². The number of benzene rings is 1. The van der Waals surface area contributed by atoms with Crippen LogP contribution in [0.2, 0.25) is 0 Å². The lowest BCUT2D eigenvalue weighted by Gasteiger charge is -2.15. The number of aromatic nitrogens is 2. The highest BCUT2D eigenvalue weighted by molar-refractivity contribution is 9.10. The zero-order valence-corrected chi connectivity index (χ0v) is 17.9. The van der Waals surface area contributed by atoms with Crippen molar-refractivity contribution in [2.75, 3.05) is 5.75 Å². The molecule has 0 saturated heterocycles. The second-order valence-corrected chi connectivity index (χ2v) is 8.56. The van der Waals surface area contributed by atoms with Gasteiger partial charge in [0.15, 0.2) is 5.16 Å². The molecule has 1 atom stereocenters. The molecule has 4 nitrogen and oxygen atoms in total. The lowest BCUT2D eigenvalue weighted by atomic mass is 10.1. The highest BCUT2D eigenvalue weighted by atomic mass is 79.9. The Morgan fingerprint density at radius 1 is 1.24 bits per heavy atom. The van der Waals surface area contributed by atoms with E-state index in [9.17, 15) is 4.79 Å². The molecule has 0 fully saturated rings. The van der Waals surface area contributed by atoms with Crippen molar-refractivity contribution >= 4 is 33.6 Å². The molecule has 0 aliphatic heterocycles. The number of hydrogen-bond acceptors (Lipinski definition) is 3. The van der Waals surface area contributed by atoms with Crippen LogP contribution >= 0.6 is 27.7 Å². The molecule has 2 rings (SSSR count). The van der Waals surface area contributed by atoms with Crippen molar-refractivity contribution in [1.29, 1.82) is 0 Å². The van der Waals surface area contributed by atoms with Crippen LogP contribution in [0.4, 0.5) is 0 Å². The Morgan fingerprint density at radius 2 is 1.88 bits per heavy atom. The van der Waals surface area contributed by atoms with Gasteiger partial charge in [0.25, 0.3) is 0 Å². The van der Waals surface area contributed by atoms with Crippen LogP contribution in [-0.4, -0.2) is 21.2 Å². The number of carbonyl (C=O) groups excluding carboxylic acids is 1. The van der Waals surface area contributed by atoms with Gasteiger partial charge < -0.3 is 9.88 Å². The van der Waals surface area contributed by atoms with Crippen LogP contribution in [0.25, 0.3) is 0 Å². The summed E-state index contributed by atoms with van der Waals surface area (Å²) >= 11 is 4.93. The summed E-state index contributed by atoms with van der Waals surface area (Å²) in [6, 6.07) is 8.00. The molecule has 2 aromatic rings. The SMILES string of the molecule is Cc1nc(SCC(=O)N[C@H](C)c2ccc(Br)cc2)n(CC(C)C)c1C. The molecule has 1 aromatic heterocycles. The molecule has 25 heavy (non-hydrogen) atoms. The highest BCUT2D eigenvalue weighted by Gasteiger charge is 2.15. The summed E-state index contributed by atoms with van der Waals surface area (Å²) in [4.78, 5) is 16.9. The fourth-order valence-corrected chi connectivity index (χ4v) is 3.74. The molecule has 1 heterocycles. The van der Waals surface area contributed by atoms with E-state index in [1.54, 1.807) is 0 Å². The molecule has 0 saturated carbocycles. The normalized spacial score (nSPS) is 12.4. The lowest BCUT2D eigenvalue weighted by Crippen LogP contribution is -2.28. The van der Waals surface area contributed by atoms with Crippen molar-refractivity contribution in [3.63, 3.8) is 0 Å². The minimum atomic E-state index is -0.0138. The van der Waals surface area contributed by atoms with Crippen LogP contribution in [0.15, 0.2) is 33.9 Å². The van der Waals surface area contributed by atoms with Crippen LogP contribution in [0.1, 0.15) is 43.8 Å². The summed E-state index contributed by atoms with van der Waals surface area (Å²) in [5, 5.41) is 3.98. The summed E-state index contributed by atoms with van der Waals surface area (Å²) in [6.45, 7) is 11.4. The van der Waals surface area contributed by atoms with Crippen molar-refractivity contribution in [2.24, 2.45) is 5.92 Å². The molecule has 1 aromatic carbocycles. The Kier molecular flexibility index (Phi) is 7.14. The smallest absolute Gasteiger partial charge is 0.230 e. The molecule has 0 spiro atoms. The van der Waals surface area contributed by atoms with Crippen LogP contribution in [-0.2, 0) is 11.3 Å². The molecule has 0 aliphatic carbocycles. The van der Waals surface area contributed by atoms with Crippen molar-refractivity contribution in [1.82, 2.24) is 14.9 Å². The van der Waals surface area contributed by atoms with E-state index in [2.05, 4.69) is 51.6 Å². The van der Waals surface area contributed by atoms with Gasteiger partial charge in [-0.25, -0.2) is 4.98 Å². The Balaban J connectivity index is 1.96. The van der Waals surface area contributed by atoms with Gasteiger partial charge in [-0.15, -0.1) is 0 Å². The van der Waals surface area contributed by atoms with Gasteiger partial charge in [-0.2, -0.15) is 0 Å². The summed E-state index contributed by atoms with van der Waals surface area (Å²) in [5.41, 5.74) is 3.31. The summed E-state index contributed by atoms with van der Waals surface area (Å²) in [7, 11) is 0. The maximum Gasteiger partial charge on any atom is 0.230 e. The van der Waals surface area contributed by atoms with Crippen molar-refractivity contribution in [2.45, 2.75) is 52.4 Å². The number of rotatable bonds is 7. The molecule has 1 N–H and O–H groups in total. The fraction of sp³-hybridized carbons (Fsp3) is 0.474. The number of hydrogen-bond donors (Lipinski definition) is 1. The maximum atomic E-state index is 12.3. The minimum Gasteiger partial charge on any atom is -0.349 e. The van der Waals surface area contributed by atoms with E-state index in [1.807, 2.05) is 38.1 Å². The van der Waals surface area contributed by atoms with Gasteiger partial charge in [0, 0.05) is 16.7 Å². The number of thioether (sulfide) groups is 1. The molecule has 0 bridgehead atoms. The second-order valence-electron chi connectivity index (χ2n) is 6.70. The monoisotopic (exact) mass is 423 g/mol. The molecular weight excluding hydrogens is 398 g/mol. The first kappa shape index (κ1) is 20.0. The number of aryl methyl sites for hydroxylation is 1. The van der Waals surface area contributed by atoms with E-state index >= 15 is 0 Å². The van der Waals surface area contributed by atoms with Crippen LogP contribution in [0.3, 0.4) is 0 Å². The third-order valence-electron chi connectivity index (χ3n) is 4.05. The molecule has 0 radical (unpaired) electrons. The average molecular weight is 424 g/mol. The third kappa shape index (κ3) is 5.61. The number of imidazole rings is 1.